The molecule has 256 valence electrons. The molecule has 0 fully saturated rings. The van der Waals surface area contributed by atoms with Gasteiger partial charge in [-0.05, 0) is 71.6 Å². The third-order valence-corrected chi connectivity index (χ3v) is 10.3. The van der Waals surface area contributed by atoms with E-state index >= 15 is 0 Å². The van der Waals surface area contributed by atoms with Crippen molar-refractivity contribution in [2.75, 3.05) is 0 Å². The fraction of sp³-hybridized carbons (Fsp3) is 0.721. The lowest BCUT2D eigenvalue weighted by Crippen LogP contribution is -2.19. The highest BCUT2D eigenvalue weighted by atomic mass is 16.3. The van der Waals surface area contributed by atoms with Crippen LogP contribution in [0.4, 0.5) is 0 Å². The third-order valence-electron chi connectivity index (χ3n) is 10.3. The maximum absolute atomic E-state index is 11.9. The molecule has 0 aliphatic heterocycles. The Morgan fingerprint density at radius 2 is 0.778 bits per heavy atom. The normalized spacial score (nSPS) is 12.3. The quantitative estimate of drug-likeness (QED) is 0.115. The number of hydrogen-bond donors (Lipinski definition) is 2. The monoisotopic (exact) mass is 621 g/mol. The van der Waals surface area contributed by atoms with E-state index < -0.39 is 0 Å². The molecule has 2 rings (SSSR count). The van der Waals surface area contributed by atoms with Crippen molar-refractivity contribution in [1.82, 2.24) is 0 Å². The van der Waals surface area contributed by atoms with E-state index in [0.29, 0.717) is 17.9 Å². The molecule has 0 unspecified atom stereocenters. The molecule has 0 saturated heterocycles. The minimum absolute atomic E-state index is 0.0962. The highest BCUT2D eigenvalue weighted by molar-refractivity contribution is 5.53. The van der Waals surface area contributed by atoms with Gasteiger partial charge in [-0.2, -0.15) is 0 Å². The second-order valence-corrected chi connectivity index (χ2v) is 15.5. The lowest BCUT2D eigenvalue weighted by Gasteiger charge is -2.29. The molecule has 2 heteroatoms. The molecular weight excluding hydrogens is 548 g/mol. The van der Waals surface area contributed by atoms with Gasteiger partial charge >= 0.3 is 0 Å². The van der Waals surface area contributed by atoms with Crippen LogP contribution in [-0.2, 0) is 30.1 Å². The molecule has 2 aromatic carbocycles. The minimum atomic E-state index is -0.0962. The van der Waals surface area contributed by atoms with Crippen molar-refractivity contribution in [3.63, 3.8) is 0 Å². The molecule has 0 radical (unpaired) electrons. The van der Waals surface area contributed by atoms with Gasteiger partial charge in [0.1, 0.15) is 11.5 Å². The second kappa shape index (κ2) is 20.3. The Labute approximate surface area is 279 Å². The van der Waals surface area contributed by atoms with Gasteiger partial charge in [-0.25, -0.2) is 0 Å². The minimum Gasteiger partial charge on any atom is -0.507 e. The SMILES string of the molecule is CCCCCCCc1cc(Cc2cc(CCCCCCC)cc(C(C)(C)CCCCC)c2O)c(O)c(C(C)(C)CCCCC)c1. The van der Waals surface area contributed by atoms with Crippen molar-refractivity contribution >= 4 is 0 Å². The van der Waals surface area contributed by atoms with Crippen molar-refractivity contribution in [1.29, 1.82) is 0 Å². The van der Waals surface area contributed by atoms with Gasteiger partial charge in [0.2, 0.25) is 0 Å². The van der Waals surface area contributed by atoms with E-state index in [9.17, 15) is 10.2 Å². The summed E-state index contributed by atoms with van der Waals surface area (Å²) in [7, 11) is 0. The molecule has 0 spiro atoms. The van der Waals surface area contributed by atoms with Crippen LogP contribution in [0.5, 0.6) is 11.5 Å². The summed E-state index contributed by atoms with van der Waals surface area (Å²) in [5, 5.41) is 23.8. The van der Waals surface area contributed by atoms with Crippen LogP contribution < -0.4 is 0 Å². The van der Waals surface area contributed by atoms with Crippen LogP contribution in [0.25, 0.3) is 0 Å². The Bertz CT molecular complexity index is 1020. The largest absolute Gasteiger partial charge is 0.507 e. The summed E-state index contributed by atoms with van der Waals surface area (Å²) >= 11 is 0. The number of unbranched alkanes of at least 4 members (excludes halogenated alkanes) is 12. The molecule has 0 aliphatic rings. The van der Waals surface area contributed by atoms with E-state index in [1.807, 2.05) is 0 Å². The zero-order valence-corrected chi connectivity index (χ0v) is 31.1. The smallest absolute Gasteiger partial charge is 0.122 e. The van der Waals surface area contributed by atoms with Gasteiger partial charge in [-0.15, -0.1) is 0 Å². The molecule has 0 aliphatic carbocycles. The Hall–Kier alpha value is -1.96. The van der Waals surface area contributed by atoms with Crippen LogP contribution in [0.2, 0.25) is 0 Å². The van der Waals surface area contributed by atoms with E-state index in [1.54, 1.807) is 0 Å². The summed E-state index contributed by atoms with van der Waals surface area (Å²) in [6.07, 6.45) is 24.7. The molecule has 2 nitrogen and oxygen atoms in total. The first-order valence-corrected chi connectivity index (χ1v) is 19.2. The van der Waals surface area contributed by atoms with Gasteiger partial charge in [-0.1, -0.05) is 170 Å². The Morgan fingerprint density at radius 3 is 1.13 bits per heavy atom. The Balaban J connectivity index is 2.54. The van der Waals surface area contributed by atoms with Crippen LogP contribution in [-0.4, -0.2) is 10.2 Å². The van der Waals surface area contributed by atoms with Gasteiger partial charge < -0.3 is 10.2 Å². The predicted octanol–water partition coefficient (Wildman–Crippen LogP) is 13.4. The Kier molecular flexibility index (Phi) is 17.7. The molecule has 0 atom stereocenters. The van der Waals surface area contributed by atoms with Crippen molar-refractivity contribution in [3.8, 4) is 11.5 Å². The lowest BCUT2D eigenvalue weighted by atomic mass is 9.76. The van der Waals surface area contributed by atoms with E-state index in [4.69, 9.17) is 0 Å². The maximum atomic E-state index is 11.9. The summed E-state index contributed by atoms with van der Waals surface area (Å²) < 4.78 is 0. The molecule has 45 heavy (non-hydrogen) atoms. The molecule has 0 heterocycles. The highest BCUT2D eigenvalue weighted by Crippen LogP contribution is 2.42. The molecular formula is C43H72O2. The van der Waals surface area contributed by atoms with Gasteiger partial charge in [0.15, 0.2) is 0 Å². The van der Waals surface area contributed by atoms with Crippen molar-refractivity contribution < 1.29 is 10.2 Å². The number of phenolic OH excluding ortho intramolecular Hbond substituents is 2. The van der Waals surface area contributed by atoms with Gasteiger partial charge in [0, 0.05) is 17.5 Å². The summed E-state index contributed by atoms with van der Waals surface area (Å²) in [4.78, 5) is 0. The predicted molar refractivity (Wildman–Crippen MR) is 198 cm³/mol. The molecule has 0 saturated carbocycles. The van der Waals surface area contributed by atoms with E-state index in [0.717, 1.165) is 47.9 Å². The number of hydrogen-bond acceptors (Lipinski definition) is 2. The number of benzene rings is 2. The molecule has 0 amide bonds. The first kappa shape index (κ1) is 39.2. The zero-order valence-electron chi connectivity index (χ0n) is 31.1. The van der Waals surface area contributed by atoms with Gasteiger partial charge in [0.05, 0.1) is 0 Å². The Morgan fingerprint density at radius 1 is 0.444 bits per heavy atom. The summed E-state index contributed by atoms with van der Waals surface area (Å²) in [6, 6.07) is 9.12. The number of aryl methyl sites for hydroxylation is 2. The average molecular weight is 621 g/mol. The van der Waals surface area contributed by atoms with Crippen LogP contribution >= 0.6 is 0 Å². The first-order chi connectivity index (χ1) is 21.5. The van der Waals surface area contributed by atoms with Crippen molar-refractivity contribution in [2.45, 2.75) is 201 Å². The number of phenols is 2. The molecule has 0 bridgehead atoms. The van der Waals surface area contributed by atoms with E-state index in [-0.39, 0.29) is 10.8 Å². The van der Waals surface area contributed by atoms with Crippen LogP contribution in [0.15, 0.2) is 24.3 Å². The third kappa shape index (κ3) is 13.0. The summed E-state index contributed by atoms with van der Waals surface area (Å²) in [5.41, 5.74) is 6.61. The fourth-order valence-electron chi connectivity index (χ4n) is 7.08. The van der Waals surface area contributed by atoms with E-state index in [1.165, 1.54) is 114 Å². The lowest BCUT2D eigenvalue weighted by molar-refractivity contribution is 0.401. The first-order valence-electron chi connectivity index (χ1n) is 19.2. The van der Waals surface area contributed by atoms with Crippen molar-refractivity contribution in [3.05, 3.63) is 57.6 Å². The molecule has 0 aromatic heterocycles. The average Bonchev–Trinajstić information content (AvgIpc) is 2.99. The van der Waals surface area contributed by atoms with Crippen LogP contribution in [0, 0.1) is 0 Å². The number of aromatic hydroxyl groups is 2. The van der Waals surface area contributed by atoms with Gasteiger partial charge in [0.25, 0.3) is 0 Å². The van der Waals surface area contributed by atoms with E-state index in [2.05, 4.69) is 79.7 Å². The van der Waals surface area contributed by atoms with Crippen LogP contribution in [0.3, 0.4) is 0 Å². The second-order valence-electron chi connectivity index (χ2n) is 15.5. The summed E-state index contributed by atoms with van der Waals surface area (Å²) in [5.74, 6) is 0.888. The maximum Gasteiger partial charge on any atom is 0.122 e. The standard InChI is InChI=1S/C43H72O2/c1-9-13-17-19-21-25-34-29-36(40(44)38(31-34)42(5,6)27-23-15-11-3)33-37-30-35(26-22-20-18-14-10-2)32-39(41(37)45)43(7,8)28-24-16-12-4/h29-32,44-45H,9-28,33H2,1-8H3. The zero-order chi connectivity index (χ0) is 33.3. The molecule has 2 aromatic rings. The fourth-order valence-corrected chi connectivity index (χ4v) is 7.08. The topological polar surface area (TPSA) is 40.5 Å². The molecule has 2 N–H and O–H groups in total. The highest BCUT2D eigenvalue weighted by Gasteiger charge is 2.28. The number of rotatable bonds is 24. The van der Waals surface area contributed by atoms with Crippen molar-refractivity contribution in [2.24, 2.45) is 0 Å². The van der Waals surface area contributed by atoms with Crippen LogP contribution in [0.1, 0.15) is 204 Å². The summed E-state index contributed by atoms with van der Waals surface area (Å²) in [6.45, 7) is 18.3. The van der Waals surface area contributed by atoms with Gasteiger partial charge in [-0.3, -0.25) is 0 Å².